The number of halogens is 2. The molecule has 4 nitrogen and oxygen atoms in total. The average Bonchev–Trinajstić information content (AvgIpc) is 2.58. The Morgan fingerprint density at radius 3 is 1.83 bits per heavy atom. The minimum atomic E-state index is -0.720. The zero-order valence-electron chi connectivity index (χ0n) is 13.6. The predicted molar refractivity (Wildman–Crippen MR) is 97.4 cm³/mol. The smallest absolute Gasteiger partial charge is 0.242 e. The second-order valence-corrected chi connectivity index (χ2v) is 6.39. The van der Waals surface area contributed by atoms with E-state index in [-0.39, 0.29) is 18.6 Å². The molecule has 2 aromatic rings. The van der Waals surface area contributed by atoms with Crippen molar-refractivity contribution in [2.75, 3.05) is 20.8 Å². The van der Waals surface area contributed by atoms with Gasteiger partial charge in [0, 0.05) is 24.2 Å². The van der Waals surface area contributed by atoms with Crippen LogP contribution in [0.1, 0.15) is 17.2 Å². The van der Waals surface area contributed by atoms with Crippen LogP contribution in [0.4, 0.5) is 0 Å². The summed E-state index contributed by atoms with van der Waals surface area (Å²) in [6.45, 7) is 0.164. The monoisotopic (exact) mass is 366 g/mol. The fourth-order valence-electron chi connectivity index (χ4n) is 2.57. The molecule has 2 rings (SSSR count). The molecular weight excluding hydrogens is 347 g/mol. The molecule has 0 aliphatic rings. The van der Waals surface area contributed by atoms with Crippen LogP contribution < -0.4 is 5.73 Å². The van der Waals surface area contributed by atoms with E-state index in [1.54, 1.807) is 36.2 Å². The summed E-state index contributed by atoms with van der Waals surface area (Å²) in [6.07, 6.45) is 0. The molecule has 0 aliphatic carbocycles. The highest BCUT2D eigenvalue weighted by atomic mass is 35.5. The number of ether oxygens (including phenoxy) is 1. The number of likely N-dealkylation sites (N-methyl/N-ethyl adjacent to an activating group) is 1. The first-order valence-electron chi connectivity index (χ1n) is 7.46. The SMILES string of the molecule is COCC(N)C(=O)N(C)C(c1ccc(Cl)cc1)c1ccc(Cl)cc1. The second kappa shape index (κ2) is 8.49. The van der Waals surface area contributed by atoms with Crippen molar-refractivity contribution in [3.05, 3.63) is 69.7 Å². The molecule has 1 atom stereocenters. The highest BCUT2D eigenvalue weighted by molar-refractivity contribution is 6.30. The molecule has 0 aliphatic heterocycles. The highest BCUT2D eigenvalue weighted by Gasteiger charge is 2.27. The Morgan fingerprint density at radius 1 is 1.04 bits per heavy atom. The molecule has 0 bridgehead atoms. The molecule has 0 radical (unpaired) electrons. The third kappa shape index (κ3) is 4.48. The third-order valence-corrected chi connectivity index (χ3v) is 4.27. The van der Waals surface area contributed by atoms with Gasteiger partial charge in [0.25, 0.3) is 0 Å². The lowest BCUT2D eigenvalue weighted by atomic mass is 9.97. The molecule has 6 heteroatoms. The molecule has 24 heavy (non-hydrogen) atoms. The molecule has 0 spiro atoms. The third-order valence-electron chi connectivity index (χ3n) is 3.77. The first-order chi connectivity index (χ1) is 11.4. The lowest BCUT2D eigenvalue weighted by Crippen LogP contribution is -2.46. The van der Waals surface area contributed by atoms with E-state index >= 15 is 0 Å². The molecule has 1 amide bonds. The molecule has 1 unspecified atom stereocenters. The van der Waals surface area contributed by atoms with Gasteiger partial charge in [0.05, 0.1) is 12.6 Å². The maximum Gasteiger partial charge on any atom is 0.242 e. The molecule has 0 heterocycles. The number of hydrogen-bond donors (Lipinski definition) is 1. The van der Waals surface area contributed by atoms with Gasteiger partial charge in [0.15, 0.2) is 0 Å². The number of rotatable bonds is 6. The summed E-state index contributed by atoms with van der Waals surface area (Å²) in [4.78, 5) is 14.2. The standard InChI is InChI=1S/C18H20Cl2N2O2/c1-22(18(23)16(21)11-24-2)17(12-3-7-14(19)8-4-12)13-5-9-15(20)10-6-13/h3-10,16-17H,11,21H2,1-2H3. The molecule has 128 valence electrons. The number of hydrogen-bond acceptors (Lipinski definition) is 3. The van der Waals surface area contributed by atoms with Crippen LogP contribution in [0.15, 0.2) is 48.5 Å². The summed E-state index contributed by atoms with van der Waals surface area (Å²) in [5, 5.41) is 1.28. The fraction of sp³-hybridized carbons (Fsp3) is 0.278. The molecule has 0 aromatic heterocycles. The van der Waals surface area contributed by atoms with Gasteiger partial charge in [0.1, 0.15) is 6.04 Å². The van der Waals surface area contributed by atoms with Gasteiger partial charge in [-0.3, -0.25) is 4.79 Å². The van der Waals surface area contributed by atoms with Crippen LogP contribution in [-0.4, -0.2) is 37.6 Å². The number of benzene rings is 2. The van der Waals surface area contributed by atoms with Crippen molar-refractivity contribution < 1.29 is 9.53 Å². The largest absolute Gasteiger partial charge is 0.383 e. The summed E-state index contributed by atoms with van der Waals surface area (Å²) < 4.78 is 4.99. The number of carbonyl (C=O) groups is 1. The summed E-state index contributed by atoms with van der Waals surface area (Å²) in [5.41, 5.74) is 7.78. The number of carbonyl (C=O) groups excluding carboxylic acids is 1. The van der Waals surface area contributed by atoms with E-state index in [0.29, 0.717) is 10.0 Å². The molecule has 2 aromatic carbocycles. The van der Waals surface area contributed by atoms with Crippen molar-refractivity contribution in [2.24, 2.45) is 5.73 Å². The van der Waals surface area contributed by atoms with E-state index in [4.69, 9.17) is 33.7 Å². The summed E-state index contributed by atoms with van der Waals surface area (Å²) in [5.74, 6) is -0.202. The van der Waals surface area contributed by atoms with Crippen molar-refractivity contribution in [2.45, 2.75) is 12.1 Å². The van der Waals surface area contributed by atoms with Gasteiger partial charge in [0.2, 0.25) is 5.91 Å². The quantitative estimate of drug-likeness (QED) is 0.850. The molecule has 0 saturated carbocycles. The lowest BCUT2D eigenvalue weighted by Gasteiger charge is -2.31. The fourth-order valence-corrected chi connectivity index (χ4v) is 2.82. The van der Waals surface area contributed by atoms with Gasteiger partial charge in [-0.25, -0.2) is 0 Å². The zero-order chi connectivity index (χ0) is 17.7. The van der Waals surface area contributed by atoms with Crippen LogP contribution in [0.3, 0.4) is 0 Å². The predicted octanol–water partition coefficient (Wildman–Crippen LogP) is 3.51. The van der Waals surface area contributed by atoms with Gasteiger partial charge < -0.3 is 15.4 Å². The molecule has 2 N–H and O–H groups in total. The van der Waals surface area contributed by atoms with Crippen LogP contribution >= 0.6 is 23.2 Å². The highest BCUT2D eigenvalue weighted by Crippen LogP contribution is 2.30. The number of methoxy groups -OCH3 is 1. The van der Waals surface area contributed by atoms with Crippen LogP contribution in [-0.2, 0) is 9.53 Å². The summed E-state index contributed by atoms with van der Waals surface area (Å²) >= 11 is 12.0. The number of amides is 1. The Balaban J connectivity index is 2.40. The van der Waals surface area contributed by atoms with E-state index in [1.807, 2.05) is 24.3 Å². The Kier molecular flexibility index (Phi) is 6.63. The van der Waals surface area contributed by atoms with E-state index in [9.17, 15) is 4.79 Å². The zero-order valence-corrected chi connectivity index (χ0v) is 15.1. The van der Waals surface area contributed by atoms with Crippen molar-refractivity contribution in [3.8, 4) is 0 Å². The average molecular weight is 367 g/mol. The Hall–Kier alpha value is -1.59. The van der Waals surface area contributed by atoms with Crippen LogP contribution in [0.25, 0.3) is 0 Å². The topological polar surface area (TPSA) is 55.6 Å². The van der Waals surface area contributed by atoms with Gasteiger partial charge >= 0.3 is 0 Å². The lowest BCUT2D eigenvalue weighted by molar-refractivity contribution is -0.134. The Morgan fingerprint density at radius 2 is 1.46 bits per heavy atom. The van der Waals surface area contributed by atoms with Crippen LogP contribution in [0.2, 0.25) is 10.0 Å². The van der Waals surface area contributed by atoms with Gasteiger partial charge in [-0.2, -0.15) is 0 Å². The van der Waals surface area contributed by atoms with Gasteiger partial charge in [-0.1, -0.05) is 47.5 Å². The van der Waals surface area contributed by atoms with Crippen molar-refractivity contribution in [1.29, 1.82) is 0 Å². The van der Waals surface area contributed by atoms with E-state index in [0.717, 1.165) is 11.1 Å². The number of nitrogens with two attached hydrogens (primary N) is 1. The summed E-state index contributed by atoms with van der Waals surface area (Å²) in [7, 11) is 3.24. The first kappa shape index (κ1) is 18.7. The normalized spacial score (nSPS) is 12.2. The van der Waals surface area contributed by atoms with Gasteiger partial charge in [-0.15, -0.1) is 0 Å². The van der Waals surface area contributed by atoms with Crippen LogP contribution in [0.5, 0.6) is 0 Å². The molecule has 0 saturated heterocycles. The Labute approximate surface area is 152 Å². The Bertz CT molecular complexity index is 629. The maximum atomic E-state index is 12.6. The first-order valence-corrected chi connectivity index (χ1v) is 8.21. The van der Waals surface area contributed by atoms with Crippen molar-refractivity contribution in [1.82, 2.24) is 4.90 Å². The molecule has 0 fully saturated rings. The van der Waals surface area contributed by atoms with Gasteiger partial charge in [-0.05, 0) is 35.4 Å². The van der Waals surface area contributed by atoms with Crippen molar-refractivity contribution in [3.63, 3.8) is 0 Å². The van der Waals surface area contributed by atoms with E-state index < -0.39 is 6.04 Å². The second-order valence-electron chi connectivity index (χ2n) is 5.52. The van der Waals surface area contributed by atoms with E-state index in [2.05, 4.69) is 0 Å². The minimum Gasteiger partial charge on any atom is -0.383 e. The maximum absolute atomic E-state index is 12.6. The van der Waals surface area contributed by atoms with Crippen molar-refractivity contribution >= 4 is 29.1 Å². The minimum absolute atomic E-state index is 0.164. The number of nitrogens with zero attached hydrogens (tertiary/aromatic N) is 1. The van der Waals surface area contributed by atoms with Crippen LogP contribution in [0, 0.1) is 0 Å². The van der Waals surface area contributed by atoms with E-state index in [1.165, 1.54) is 7.11 Å². The summed E-state index contributed by atoms with van der Waals surface area (Å²) in [6, 6.07) is 13.8. The molecular formula is C18H20Cl2N2O2.